The van der Waals surface area contributed by atoms with E-state index in [0.29, 0.717) is 18.5 Å². The summed E-state index contributed by atoms with van der Waals surface area (Å²) in [5.41, 5.74) is -1.28. The molecule has 0 aliphatic rings. The molecular weight excluding hydrogens is 279 g/mol. The summed E-state index contributed by atoms with van der Waals surface area (Å²) in [6.45, 7) is 0. The van der Waals surface area contributed by atoms with E-state index in [4.69, 9.17) is 0 Å². The summed E-state index contributed by atoms with van der Waals surface area (Å²) >= 11 is 0. The molecule has 0 saturated carbocycles. The maximum absolute atomic E-state index is 13.2. The zero-order valence-electron chi connectivity index (χ0n) is 9.80. The van der Waals surface area contributed by atoms with E-state index in [1.54, 1.807) is 0 Å². The van der Waals surface area contributed by atoms with E-state index >= 15 is 0 Å². The van der Waals surface area contributed by atoms with E-state index in [1.165, 1.54) is 0 Å². The maximum atomic E-state index is 13.2. The first-order chi connectivity index (χ1) is 9.49. The van der Waals surface area contributed by atoms with Gasteiger partial charge in [0.2, 0.25) is 0 Å². The Bertz CT molecular complexity index is 627. The fourth-order valence-electron chi connectivity index (χ4n) is 1.45. The van der Waals surface area contributed by atoms with Gasteiger partial charge in [0.25, 0.3) is 0 Å². The van der Waals surface area contributed by atoms with Gasteiger partial charge in [0.1, 0.15) is 28.8 Å². The third-order valence-electron chi connectivity index (χ3n) is 2.35. The second-order valence-corrected chi connectivity index (χ2v) is 3.72. The highest BCUT2D eigenvalue weighted by Gasteiger charge is 2.10. The SMILES string of the molecule is Fc1cc(F)c(/N=C/Nc2c(F)cccc2F)c(F)c1. The first-order valence-corrected chi connectivity index (χ1v) is 5.36. The number of rotatable bonds is 3. The fourth-order valence-corrected chi connectivity index (χ4v) is 1.45. The Kier molecular flexibility index (Phi) is 3.97. The number of nitrogens with one attached hydrogen (secondary N) is 1. The fraction of sp³-hybridized carbons (Fsp3) is 0. The van der Waals surface area contributed by atoms with Crippen molar-refractivity contribution in [2.75, 3.05) is 5.32 Å². The quantitative estimate of drug-likeness (QED) is 0.511. The number of halogens is 5. The van der Waals surface area contributed by atoms with Crippen LogP contribution in [-0.4, -0.2) is 6.34 Å². The third kappa shape index (κ3) is 2.93. The molecule has 0 spiro atoms. The first-order valence-electron chi connectivity index (χ1n) is 5.36. The number of nitrogens with zero attached hydrogens (tertiary/aromatic N) is 1. The second kappa shape index (κ2) is 5.68. The van der Waals surface area contributed by atoms with E-state index in [9.17, 15) is 22.0 Å². The van der Waals surface area contributed by atoms with Crippen molar-refractivity contribution in [1.29, 1.82) is 0 Å². The number of hydrogen-bond donors (Lipinski definition) is 1. The molecule has 1 N–H and O–H groups in total. The van der Waals surface area contributed by atoms with Crippen molar-refractivity contribution in [3.8, 4) is 0 Å². The standard InChI is InChI=1S/C13H7F5N2/c14-7-4-10(17)13(11(18)5-7)20-6-19-12-8(15)2-1-3-9(12)16/h1-6H,(H,19,20). The lowest BCUT2D eigenvalue weighted by Gasteiger charge is -2.04. The summed E-state index contributed by atoms with van der Waals surface area (Å²) in [5.74, 6) is -5.33. The molecule has 0 aliphatic heterocycles. The van der Waals surface area contributed by atoms with Crippen molar-refractivity contribution in [3.63, 3.8) is 0 Å². The monoisotopic (exact) mass is 286 g/mol. The van der Waals surface area contributed by atoms with Crippen molar-refractivity contribution in [2.45, 2.75) is 0 Å². The minimum absolute atomic E-state index is 0.444. The van der Waals surface area contributed by atoms with Crippen molar-refractivity contribution >= 4 is 17.7 Å². The highest BCUT2D eigenvalue weighted by atomic mass is 19.2. The van der Waals surface area contributed by atoms with Crippen LogP contribution < -0.4 is 5.32 Å². The van der Waals surface area contributed by atoms with Crippen LogP contribution in [0.3, 0.4) is 0 Å². The van der Waals surface area contributed by atoms with Crippen LogP contribution in [0.5, 0.6) is 0 Å². The van der Waals surface area contributed by atoms with Crippen LogP contribution in [0.4, 0.5) is 33.3 Å². The summed E-state index contributed by atoms with van der Waals surface area (Å²) in [5, 5.41) is 2.13. The summed E-state index contributed by atoms with van der Waals surface area (Å²) in [6, 6.07) is 4.04. The Morgan fingerprint density at radius 3 is 1.95 bits per heavy atom. The minimum atomic E-state index is -1.23. The molecule has 20 heavy (non-hydrogen) atoms. The van der Waals surface area contributed by atoms with Crippen LogP contribution in [0, 0.1) is 29.1 Å². The second-order valence-electron chi connectivity index (χ2n) is 3.72. The zero-order chi connectivity index (χ0) is 14.7. The third-order valence-corrected chi connectivity index (χ3v) is 2.35. The number of anilines is 1. The van der Waals surface area contributed by atoms with Crippen LogP contribution in [0.2, 0.25) is 0 Å². The highest BCUT2D eigenvalue weighted by Crippen LogP contribution is 2.23. The molecule has 0 amide bonds. The van der Waals surface area contributed by atoms with Gasteiger partial charge < -0.3 is 5.32 Å². The van der Waals surface area contributed by atoms with Crippen molar-refractivity contribution in [2.24, 2.45) is 4.99 Å². The summed E-state index contributed by atoms with van der Waals surface area (Å²) < 4.78 is 65.6. The molecule has 0 saturated heterocycles. The van der Waals surface area contributed by atoms with Crippen molar-refractivity contribution in [3.05, 3.63) is 59.4 Å². The molecule has 104 valence electrons. The predicted octanol–water partition coefficient (Wildman–Crippen LogP) is 4.15. The molecule has 0 aromatic heterocycles. The zero-order valence-corrected chi connectivity index (χ0v) is 9.80. The van der Waals surface area contributed by atoms with Gasteiger partial charge in [-0.1, -0.05) is 6.07 Å². The lowest BCUT2D eigenvalue weighted by Crippen LogP contribution is -2.01. The van der Waals surface area contributed by atoms with E-state index in [-0.39, 0.29) is 0 Å². The molecule has 2 rings (SSSR count). The van der Waals surface area contributed by atoms with Crippen LogP contribution in [0.15, 0.2) is 35.3 Å². The maximum Gasteiger partial charge on any atom is 0.154 e. The number of hydrogen-bond acceptors (Lipinski definition) is 1. The molecule has 7 heteroatoms. The lowest BCUT2D eigenvalue weighted by molar-refractivity contribution is 0.547. The predicted molar refractivity (Wildman–Crippen MR) is 64.4 cm³/mol. The van der Waals surface area contributed by atoms with Gasteiger partial charge in [0.15, 0.2) is 11.6 Å². The van der Waals surface area contributed by atoms with Crippen LogP contribution in [0.25, 0.3) is 0 Å². The molecule has 0 atom stereocenters. The van der Waals surface area contributed by atoms with Gasteiger partial charge in [0, 0.05) is 12.1 Å². The van der Waals surface area contributed by atoms with Crippen molar-refractivity contribution < 1.29 is 22.0 Å². The molecule has 0 fully saturated rings. The highest BCUT2D eigenvalue weighted by molar-refractivity contribution is 5.78. The molecular formula is C13H7F5N2. The first kappa shape index (κ1) is 14.0. The molecule has 0 radical (unpaired) electrons. The van der Waals surface area contributed by atoms with Gasteiger partial charge >= 0.3 is 0 Å². The molecule has 2 aromatic carbocycles. The number of para-hydroxylation sites is 1. The van der Waals surface area contributed by atoms with Crippen LogP contribution >= 0.6 is 0 Å². The Labute approximate surface area is 110 Å². The van der Waals surface area contributed by atoms with E-state index in [2.05, 4.69) is 10.3 Å². The number of benzene rings is 2. The lowest BCUT2D eigenvalue weighted by atomic mass is 10.3. The van der Waals surface area contributed by atoms with Crippen LogP contribution in [0.1, 0.15) is 0 Å². The molecule has 0 heterocycles. The summed E-state index contributed by atoms with van der Waals surface area (Å²) in [7, 11) is 0. The Balaban J connectivity index is 2.23. The minimum Gasteiger partial charge on any atom is -0.342 e. The average Bonchev–Trinajstić information content (AvgIpc) is 2.35. The largest absolute Gasteiger partial charge is 0.342 e. The summed E-state index contributed by atoms with van der Waals surface area (Å²) in [6.07, 6.45) is 0.709. The van der Waals surface area contributed by atoms with Gasteiger partial charge in [-0.05, 0) is 12.1 Å². The van der Waals surface area contributed by atoms with Gasteiger partial charge in [-0.25, -0.2) is 26.9 Å². The van der Waals surface area contributed by atoms with E-state index in [0.717, 1.165) is 18.2 Å². The Morgan fingerprint density at radius 2 is 1.40 bits per heavy atom. The molecule has 2 aromatic rings. The number of aliphatic imine (C=N–C) groups is 1. The van der Waals surface area contributed by atoms with Gasteiger partial charge in [-0.15, -0.1) is 0 Å². The topological polar surface area (TPSA) is 24.4 Å². The smallest absolute Gasteiger partial charge is 0.154 e. The molecule has 0 aliphatic carbocycles. The van der Waals surface area contributed by atoms with E-state index in [1.807, 2.05) is 0 Å². The van der Waals surface area contributed by atoms with Gasteiger partial charge in [-0.3, -0.25) is 0 Å². The van der Waals surface area contributed by atoms with Gasteiger partial charge in [-0.2, -0.15) is 0 Å². The Morgan fingerprint density at radius 1 is 0.850 bits per heavy atom. The van der Waals surface area contributed by atoms with Crippen molar-refractivity contribution in [1.82, 2.24) is 0 Å². The van der Waals surface area contributed by atoms with Gasteiger partial charge in [0.05, 0.1) is 6.34 Å². The summed E-state index contributed by atoms with van der Waals surface area (Å²) in [4.78, 5) is 3.34. The van der Waals surface area contributed by atoms with Crippen LogP contribution in [-0.2, 0) is 0 Å². The molecule has 2 nitrogen and oxygen atoms in total. The van der Waals surface area contributed by atoms with E-state index < -0.39 is 40.5 Å². The Hall–Kier alpha value is -2.44. The molecule has 0 bridgehead atoms. The average molecular weight is 286 g/mol. The normalized spacial score (nSPS) is 11.1. The molecule has 0 unspecified atom stereocenters.